The van der Waals surface area contributed by atoms with Crippen molar-refractivity contribution < 1.29 is 0 Å². The maximum atomic E-state index is 3.84. The summed E-state index contributed by atoms with van der Waals surface area (Å²) < 4.78 is 0. The molecule has 0 nitrogen and oxygen atoms in total. The summed E-state index contributed by atoms with van der Waals surface area (Å²) in [5.74, 6) is 0. The first-order valence-corrected chi connectivity index (χ1v) is 4.17. The van der Waals surface area contributed by atoms with E-state index in [-0.39, 0.29) is 0 Å². The topological polar surface area (TPSA) is 0 Å². The van der Waals surface area contributed by atoms with E-state index in [0.29, 0.717) is 0 Å². The van der Waals surface area contributed by atoms with Gasteiger partial charge < -0.3 is 0 Å². The Morgan fingerprint density at radius 3 is 2.36 bits per heavy atom. The molecule has 0 unspecified atom stereocenters. The van der Waals surface area contributed by atoms with E-state index >= 15 is 0 Å². The second-order valence-electron chi connectivity index (χ2n) is 2.83. The van der Waals surface area contributed by atoms with E-state index in [4.69, 9.17) is 0 Å². The summed E-state index contributed by atoms with van der Waals surface area (Å²) in [6, 6.07) is 0. The summed E-state index contributed by atoms with van der Waals surface area (Å²) in [6.07, 6.45) is 10.8. The molecule has 0 bridgehead atoms. The Morgan fingerprint density at radius 1 is 1.18 bits per heavy atom. The Labute approximate surface area is 70.3 Å². The molecule has 0 saturated heterocycles. The van der Waals surface area contributed by atoms with Gasteiger partial charge in [-0.25, -0.2) is 0 Å². The van der Waals surface area contributed by atoms with E-state index < -0.39 is 0 Å². The standard InChI is InChI=1S/C11H18/c1-4-5-6-7-8-9-10-11(2)3/h4,7-8H,1-2,5-6,9-10H2,3H3. The van der Waals surface area contributed by atoms with Crippen LogP contribution in [0.4, 0.5) is 0 Å². The minimum Gasteiger partial charge on any atom is -0.103 e. The van der Waals surface area contributed by atoms with Gasteiger partial charge in [0.1, 0.15) is 0 Å². The van der Waals surface area contributed by atoms with E-state index in [1.54, 1.807) is 0 Å². The van der Waals surface area contributed by atoms with Crippen LogP contribution in [0.1, 0.15) is 32.6 Å². The van der Waals surface area contributed by atoms with Crippen LogP contribution in [0.2, 0.25) is 0 Å². The van der Waals surface area contributed by atoms with Crippen molar-refractivity contribution >= 4 is 0 Å². The highest BCUT2D eigenvalue weighted by Crippen LogP contribution is 2.02. The molecule has 0 heterocycles. The molecule has 11 heavy (non-hydrogen) atoms. The zero-order chi connectivity index (χ0) is 8.53. The van der Waals surface area contributed by atoms with Crippen molar-refractivity contribution in [3.63, 3.8) is 0 Å². The Balaban J connectivity index is 3.16. The largest absolute Gasteiger partial charge is 0.103 e. The van der Waals surface area contributed by atoms with Gasteiger partial charge in [0.15, 0.2) is 0 Å². The van der Waals surface area contributed by atoms with Gasteiger partial charge >= 0.3 is 0 Å². The van der Waals surface area contributed by atoms with Crippen LogP contribution >= 0.6 is 0 Å². The molecule has 0 aromatic carbocycles. The lowest BCUT2D eigenvalue weighted by Crippen LogP contribution is -1.71. The van der Waals surface area contributed by atoms with Crippen LogP contribution in [0.15, 0.2) is 37.0 Å². The maximum absolute atomic E-state index is 3.84. The van der Waals surface area contributed by atoms with E-state index in [1.165, 1.54) is 5.57 Å². The van der Waals surface area contributed by atoms with Gasteiger partial charge in [0, 0.05) is 0 Å². The zero-order valence-corrected chi connectivity index (χ0v) is 7.47. The third kappa shape index (κ3) is 9.22. The van der Waals surface area contributed by atoms with Gasteiger partial charge in [-0.15, -0.1) is 13.2 Å². The van der Waals surface area contributed by atoms with Gasteiger partial charge in [0.05, 0.1) is 0 Å². The molecule has 0 heteroatoms. The molecule has 0 spiro atoms. The van der Waals surface area contributed by atoms with Crippen molar-refractivity contribution in [1.29, 1.82) is 0 Å². The lowest BCUT2D eigenvalue weighted by Gasteiger charge is -1.91. The Morgan fingerprint density at radius 2 is 1.82 bits per heavy atom. The fourth-order valence-electron chi connectivity index (χ4n) is 0.780. The number of rotatable bonds is 6. The Kier molecular flexibility index (Phi) is 6.81. The first-order chi connectivity index (χ1) is 5.27. The van der Waals surface area contributed by atoms with Crippen molar-refractivity contribution in [3.8, 4) is 0 Å². The summed E-state index contributed by atoms with van der Waals surface area (Å²) in [5, 5.41) is 0. The predicted octanol–water partition coefficient (Wildman–Crippen LogP) is 3.87. The molecule has 0 aliphatic heterocycles. The number of allylic oxidation sites excluding steroid dienone is 4. The van der Waals surface area contributed by atoms with E-state index in [9.17, 15) is 0 Å². The van der Waals surface area contributed by atoms with E-state index in [0.717, 1.165) is 25.7 Å². The molecule has 0 radical (unpaired) electrons. The first kappa shape index (κ1) is 10.2. The molecule has 0 fully saturated rings. The molecule has 62 valence electrons. The van der Waals surface area contributed by atoms with Gasteiger partial charge in [-0.3, -0.25) is 0 Å². The fraction of sp³-hybridized carbons (Fsp3) is 0.455. The van der Waals surface area contributed by atoms with Gasteiger partial charge in [-0.1, -0.05) is 23.8 Å². The highest BCUT2D eigenvalue weighted by Gasteiger charge is 1.81. The quantitative estimate of drug-likeness (QED) is 0.398. The predicted molar refractivity (Wildman–Crippen MR) is 52.6 cm³/mol. The summed E-state index contributed by atoms with van der Waals surface area (Å²) >= 11 is 0. The lowest BCUT2D eigenvalue weighted by molar-refractivity contribution is 0.965. The van der Waals surface area contributed by atoms with Gasteiger partial charge in [0.2, 0.25) is 0 Å². The number of hydrogen-bond donors (Lipinski definition) is 0. The number of unbranched alkanes of at least 4 members (excludes halogenated alkanes) is 1. The van der Waals surface area contributed by atoms with Crippen molar-refractivity contribution in [2.24, 2.45) is 0 Å². The van der Waals surface area contributed by atoms with Crippen molar-refractivity contribution in [3.05, 3.63) is 37.0 Å². The van der Waals surface area contributed by atoms with Gasteiger partial charge in [0.25, 0.3) is 0 Å². The van der Waals surface area contributed by atoms with Crippen LogP contribution in [0.25, 0.3) is 0 Å². The minimum absolute atomic E-state index is 1.09. The zero-order valence-electron chi connectivity index (χ0n) is 7.47. The lowest BCUT2D eigenvalue weighted by atomic mass is 10.2. The smallest absolute Gasteiger partial charge is 0.0291 e. The second-order valence-corrected chi connectivity index (χ2v) is 2.83. The van der Waals surface area contributed by atoms with E-state index in [2.05, 4.69) is 32.2 Å². The van der Waals surface area contributed by atoms with Crippen molar-refractivity contribution in [2.75, 3.05) is 0 Å². The molecule has 0 rings (SSSR count). The summed E-state index contributed by atoms with van der Waals surface area (Å²) in [7, 11) is 0. The van der Waals surface area contributed by atoms with Crippen LogP contribution in [-0.4, -0.2) is 0 Å². The molecule has 0 saturated carbocycles. The van der Waals surface area contributed by atoms with Crippen LogP contribution in [0, 0.1) is 0 Å². The molecule has 0 aliphatic carbocycles. The average Bonchev–Trinajstić information content (AvgIpc) is 1.96. The average molecular weight is 150 g/mol. The Bertz CT molecular complexity index is 140. The minimum atomic E-state index is 1.09. The van der Waals surface area contributed by atoms with Gasteiger partial charge in [-0.2, -0.15) is 0 Å². The molecule has 0 amide bonds. The Hall–Kier alpha value is -0.780. The molecule has 0 N–H and O–H groups in total. The molecule has 0 aromatic heterocycles. The second kappa shape index (κ2) is 7.33. The third-order valence-corrected chi connectivity index (χ3v) is 1.44. The normalized spacial score (nSPS) is 10.3. The molecular formula is C11H18. The van der Waals surface area contributed by atoms with Crippen molar-refractivity contribution in [1.82, 2.24) is 0 Å². The summed E-state index contributed by atoms with van der Waals surface area (Å²) in [6.45, 7) is 9.56. The summed E-state index contributed by atoms with van der Waals surface area (Å²) in [5.41, 5.74) is 1.26. The molecule has 0 aliphatic rings. The van der Waals surface area contributed by atoms with Crippen LogP contribution in [0.5, 0.6) is 0 Å². The molecular weight excluding hydrogens is 132 g/mol. The first-order valence-electron chi connectivity index (χ1n) is 4.17. The maximum Gasteiger partial charge on any atom is -0.0291 e. The highest BCUT2D eigenvalue weighted by molar-refractivity contribution is 4.93. The summed E-state index contributed by atoms with van der Waals surface area (Å²) in [4.78, 5) is 0. The SMILES string of the molecule is C=CCCC=CCCC(=C)C. The number of hydrogen-bond acceptors (Lipinski definition) is 0. The molecule has 0 aromatic rings. The van der Waals surface area contributed by atoms with Crippen LogP contribution in [-0.2, 0) is 0 Å². The van der Waals surface area contributed by atoms with Crippen LogP contribution < -0.4 is 0 Å². The monoisotopic (exact) mass is 150 g/mol. The highest BCUT2D eigenvalue weighted by atomic mass is 13.9. The van der Waals surface area contributed by atoms with Crippen LogP contribution in [0.3, 0.4) is 0 Å². The molecule has 0 atom stereocenters. The van der Waals surface area contributed by atoms with Gasteiger partial charge in [-0.05, 0) is 32.6 Å². The van der Waals surface area contributed by atoms with E-state index in [1.807, 2.05) is 6.08 Å². The fourth-order valence-corrected chi connectivity index (χ4v) is 0.780. The third-order valence-electron chi connectivity index (χ3n) is 1.44. The van der Waals surface area contributed by atoms with Crippen molar-refractivity contribution in [2.45, 2.75) is 32.6 Å².